The molecule has 0 aromatic carbocycles. The Labute approximate surface area is 64.6 Å². The maximum atomic E-state index is 12.6. The van der Waals surface area contributed by atoms with Crippen molar-refractivity contribution in [1.82, 2.24) is 0 Å². The van der Waals surface area contributed by atoms with E-state index in [4.69, 9.17) is 10.2 Å². The predicted octanol–water partition coefficient (Wildman–Crippen LogP) is 0.519. The van der Waals surface area contributed by atoms with Gasteiger partial charge in [0.1, 0.15) is 0 Å². The summed E-state index contributed by atoms with van der Waals surface area (Å²) in [5, 5.41) is 15.9. The maximum Gasteiger partial charge on any atom is 0.353 e. The van der Waals surface area contributed by atoms with E-state index in [0.717, 1.165) is 0 Å². The van der Waals surface area contributed by atoms with Crippen LogP contribution in [0.4, 0.5) is 13.2 Å². The summed E-state index contributed by atoms with van der Waals surface area (Å²) in [6.45, 7) is 0. The Morgan fingerprint density at radius 2 is 1.58 bits per heavy atom. The summed E-state index contributed by atoms with van der Waals surface area (Å²) in [7, 11) is 0. The quantitative estimate of drug-likeness (QED) is 0.627. The lowest BCUT2D eigenvalue weighted by Gasteiger charge is -2.13. The summed E-state index contributed by atoms with van der Waals surface area (Å²) in [5.74, 6) is -4.84. The van der Waals surface area contributed by atoms with Crippen LogP contribution in [0.15, 0.2) is 0 Å². The first-order valence-corrected chi connectivity index (χ1v) is 2.74. The number of rotatable bonds is 4. The molecule has 0 aliphatic rings. The van der Waals surface area contributed by atoms with Gasteiger partial charge in [0.25, 0.3) is 0 Å². The fraction of sp³-hybridized carbons (Fsp3) is 0.600. The van der Waals surface area contributed by atoms with Crippen molar-refractivity contribution in [1.29, 1.82) is 0 Å². The van der Waals surface area contributed by atoms with Crippen LogP contribution in [0.1, 0.15) is 6.42 Å². The first kappa shape index (κ1) is 10.7. The molecule has 0 aromatic heterocycles. The number of halogens is 3. The van der Waals surface area contributed by atoms with Crippen LogP contribution in [0.2, 0.25) is 0 Å². The Bertz CT molecular complexity index is 189. The highest BCUT2D eigenvalue weighted by Gasteiger charge is 2.49. The Kier molecular flexibility index (Phi) is 3.06. The standard InChI is InChI=1S/C5H5F3O4/c6-2(7)1-5(8,3(9)10)4(11)12/h2H,1H2,(H,9,10)(H,11,12). The van der Waals surface area contributed by atoms with Crippen molar-refractivity contribution in [3.05, 3.63) is 0 Å². The highest BCUT2D eigenvalue weighted by atomic mass is 19.3. The first-order chi connectivity index (χ1) is 5.30. The fourth-order valence-electron chi connectivity index (χ4n) is 0.479. The topological polar surface area (TPSA) is 74.6 Å². The summed E-state index contributed by atoms with van der Waals surface area (Å²) in [5.41, 5.74) is -3.89. The van der Waals surface area contributed by atoms with Gasteiger partial charge in [-0.05, 0) is 0 Å². The van der Waals surface area contributed by atoms with Gasteiger partial charge in [-0.25, -0.2) is 22.8 Å². The van der Waals surface area contributed by atoms with Crippen molar-refractivity contribution in [2.45, 2.75) is 18.5 Å². The summed E-state index contributed by atoms with van der Waals surface area (Å²) in [4.78, 5) is 19.8. The minimum atomic E-state index is -3.89. The summed E-state index contributed by atoms with van der Waals surface area (Å²) >= 11 is 0. The molecule has 0 atom stereocenters. The van der Waals surface area contributed by atoms with Crippen molar-refractivity contribution in [3.8, 4) is 0 Å². The van der Waals surface area contributed by atoms with E-state index in [0.29, 0.717) is 0 Å². The number of alkyl halides is 3. The normalized spacial score (nSPS) is 11.7. The molecule has 0 saturated carbocycles. The summed E-state index contributed by atoms with van der Waals surface area (Å²) < 4.78 is 35.6. The van der Waals surface area contributed by atoms with Crippen LogP contribution in [0.25, 0.3) is 0 Å². The molecule has 0 amide bonds. The van der Waals surface area contributed by atoms with Crippen molar-refractivity contribution in [2.24, 2.45) is 0 Å². The molecule has 2 N–H and O–H groups in total. The molecule has 12 heavy (non-hydrogen) atoms. The Balaban J connectivity index is 4.63. The van der Waals surface area contributed by atoms with Crippen molar-refractivity contribution in [3.63, 3.8) is 0 Å². The second kappa shape index (κ2) is 3.42. The summed E-state index contributed by atoms with van der Waals surface area (Å²) in [6, 6.07) is 0. The second-order valence-corrected chi connectivity index (χ2v) is 2.01. The number of hydrogen-bond donors (Lipinski definition) is 2. The molecule has 0 spiro atoms. The third kappa shape index (κ3) is 2.11. The van der Waals surface area contributed by atoms with Crippen molar-refractivity contribution in [2.75, 3.05) is 0 Å². The van der Waals surface area contributed by atoms with E-state index in [1.165, 1.54) is 0 Å². The van der Waals surface area contributed by atoms with Gasteiger partial charge in [-0.15, -0.1) is 0 Å². The van der Waals surface area contributed by atoms with Gasteiger partial charge in [0.05, 0.1) is 6.42 Å². The molecular formula is C5H5F3O4. The van der Waals surface area contributed by atoms with Gasteiger partial charge >= 0.3 is 17.6 Å². The van der Waals surface area contributed by atoms with Gasteiger partial charge in [-0.2, -0.15) is 0 Å². The Hall–Kier alpha value is -1.27. The number of carbonyl (C=O) groups is 2. The SMILES string of the molecule is O=C(O)C(F)(CC(F)F)C(=O)O. The molecule has 70 valence electrons. The van der Waals surface area contributed by atoms with E-state index >= 15 is 0 Å². The van der Waals surface area contributed by atoms with Crippen LogP contribution in [0, 0.1) is 0 Å². The van der Waals surface area contributed by atoms with Gasteiger partial charge in [0.15, 0.2) is 0 Å². The number of carboxylic acid groups (broad SMARTS) is 2. The minimum Gasteiger partial charge on any atom is -0.478 e. The molecule has 0 radical (unpaired) electrons. The molecule has 0 unspecified atom stereocenters. The third-order valence-electron chi connectivity index (χ3n) is 1.11. The van der Waals surface area contributed by atoms with Gasteiger partial charge in [-0.3, -0.25) is 0 Å². The van der Waals surface area contributed by atoms with E-state index < -0.39 is 30.5 Å². The van der Waals surface area contributed by atoms with Crippen LogP contribution in [-0.2, 0) is 9.59 Å². The highest BCUT2D eigenvalue weighted by Crippen LogP contribution is 2.21. The van der Waals surface area contributed by atoms with Crippen LogP contribution < -0.4 is 0 Å². The molecule has 0 heterocycles. The molecule has 0 rings (SSSR count). The van der Waals surface area contributed by atoms with E-state index in [1.54, 1.807) is 0 Å². The lowest BCUT2D eigenvalue weighted by molar-refractivity contribution is -0.170. The van der Waals surface area contributed by atoms with Gasteiger partial charge in [0, 0.05) is 0 Å². The smallest absolute Gasteiger partial charge is 0.353 e. The molecule has 0 saturated heterocycles. The largest absolute Gasteiger partial charge is 0.478 e. The number of carboxylic acids is 2. The zero-order valence-corrected chi connectivity index (χ0v) is 5.63. The van der Waals surface area contributed by atoms with Gasteiger partial charge in [-0.1, -0.05) is 0 Å². The lowest BCUT2D eigenvalue weighted by Crippen LogP contribution is -2.43. The van der Waals surface area contributed by atoms with Crippen LogP contribution in [-0.4, -0.2) is 34.2 Å². The van der Waals surface area contributed by atoms with E-state index in [-0.39, 0.29) is 0 Å². The Morgan fingerprint density at radius 1 is 1.25 bits per heavy atom. The maximum absolute atomic E-state index is 12.6. The third-order valence-corrected chi connectivity index (χ3v) is 1.11. The zero-order chi connectivity index (χ0) is 9.94. The fourth-order valence-corrected chi connectivity index (χ4v) is 0.479. The van der Waals surface area contributed by atoms with Crippen molar-refractivity contribution >= 4 is 11.9 Å². The molecule has 0 bridgehead atoms. The molecule has 0 aromatic rings. The molecule has 0 aliphatic heterocycles. The molecule has 4 nitrogen and oxygen atoms in total. The highest BCUT2D eigenvalue weighted by molar-refractivity contribution is 6.01. The molecule has 7 heteroatoms. The zero-order valence-electron chi connectivity index (χ0n) is 5.63. The van der Waals surface area contributed by atoms with Crippen LogP contribution in [0.5, 0.6) is 0 Å². The predicted molar refractivity (Wildman–Crippen MR) is 29.7 cm³/mol. The van der Waals surface area contributed by atoms with Crippen molar-refractivity contribution < 1.29 is 33.0 Å². The van der Waals surface area contributed by atoms with E-state index in [2.05, 4.69) is 0 Å². The monoisotopic (exact) mass is 186 g/mol. The van der Waals surface area contributed by atoms with Crippen LogP contribution >= 0.6 is 0 Å². The van der Waals surface area contributed by atoms with Gasteiger partial charge in [0.2, 0.25) is 6.43 Å². The Morgan fingerprint density at radius 3 is 1.67 bits per heavy atom. The molecule has 0 fully saturated rings. The lowest BCUT2D eigenvalue weighted by atomic mass is 10.0. The average Bonchev–Trinajstić information content (AvgIpc) is 1.84. The second-order valence-electron chi connectivity index (χ2n) is 2.01. The molecule has 0 aliphatic carbocycles. The van der Waals surface area contributed by atoms with E-state index in [1.807, 2.05) is 0 Å². The summed E-state index contributed by atoms with van der Waals surface area (Å²) in [6.07, 6.45) is -5.17. The first-order valence-electron chi connectivity index (χ1n) is 2.74. The molecular weight excluding hydrogens is 181 g/mol. The number of hydrogen-bond acceptors (Lipinski definition) is 2. The number of aliphatic carboxylic acids is 2. The van der Waals surface area contributed by atoms with Crippen LogP contribution in [0.3, 0.4) is 0 Å². The average molecular weight is 186 g/mol. The van der Waals surface area contributed by atoms with E-state index in [9.17, 15) is 22.8 Å². The minimum absolute atomic E-state index is 1.85. The van der Waals surface area contributed by atoms with Gasteiger partial charge < -0.3 is 10.2 Å².